The Hall–Kier alpha value is -3.91. The van der Waals surface area contributed by atoms with Crippen molar-refractivity contribution in [3.63, 3.8) is 0 Å². The van der Waals surface area contributed by atoms with Crippen molar-refractivity contribution in [1.29, 1.82) is 0 Å². The molecule has 40 heavy (non-hydrogen) atoms. The summed E-state index contributed by atoms with van der Waals surface area (Å²) in [6.07, 6.45) is -2.27. The van der Waals surface area contributed by atoms with Gasteiger partial charge in [-0.05, 0) is 50.6 Å². The van der Waals surface area contributed by atoms with Crippen LogP contribution in [0.15, 0.2) is 24.4 Å². The number of aryl methyl sites for hydroxylation is 1. The number of aromatic nitrogens is 4. The quantitative estimate of drug-likeness (QED) is 0.398. The van der Waals surface area contributed by atoms with Crippen LogP contribution in [0.3, 0.4) is 0 Å². The van der Waals surface area contributed by atoms with Crippen LogP contribution >= 0.6 is 0 Å². The van der Waals surface area contributed by atoms with Crippen LogP contribution in [0.5, 0.6) is 5.75 Å². The minimum atomic E-state index is -4.89. The van der Waals surface area contributed by atoms with Crippen LogP contribution in [0.1, 0.15) is 28.5 Å². The molecule has 1 aliphatic carbocycles. The summed E-state index contributed by atoms with van der Waals surface area (Å²) in [5, 5.41) is 16.9. The predicted octanol–water partition coefficient (Wildman–Crippen LogP) is 3.00. The molecule has 2 aromatic heterocycles. The van der Waals surface area contributed by atoms with Crippen molar-refractivity contribution in [2.45, 2.75) is 32.7 Å². The van der Waals surface area contributed by atoms with Gasteiger partial charge in [0.15, 0.2) is 11.4 Å². The van der Waals surface area contributed by atoms with Gasteiger partial charge in [0.2, 0.25) is 5.95 Å². The summed E-state index contributed by atoms with van der Waals surface area (Å²) in [5.74, 6) is -0.938. The van der Waals surface area contributed by atoms with Gasteiger partial charge in [-0.15, -0.1) is 13.2 Å². The number of nitrogens with zero attached hydrogens (tertiary/aromatic N) is 6. The van der Waals surface area contributed by atoms with E-state index in [2.05, 4.69) is 34.9 Å². The van der Waals surface area contributed by atoms with E-state index in [9.17, 15) is 23.1 Å². The van der Waals surface area contributed by atoms with E-state index in [4.69, 9.17) is 4.74 Å². The fourth-order valence-corrected chi connectivity index (χ4v) is 4.95. The van der Waals surface area contributed by atoms with Crippen molar-refractivity contribution in [2.24, 2.45) is 0 Å². The van der Waals surface area contributed by atoms with Gasteiger partial charge in [0.25, 0.3) is 0 Å². The number of fused-ring (bicyclic) bond motifs is 3. The maximum Gasteiger partial charge on any atom is 0.573 e. The molecular formula is C26H30F3N7O4. The molecule has 3 heterocycles. The van der Waals surface area contributed by atoms with Gasteiger partial charge in [0, 0.05) is 43.6 Å². The highest BCUT2D eigenvalue weighted by molar-refractivity contribution is 5.91. The van der Waals surface area contributed by atoms with E-state index >= 15 is 0 Å². The van der Waals surface area contributed by atoms with Crippen LogP contribution in [0, 0.1) is 0 Å². The standard InChI is InChI=1S/C26H30F3N7O4/c1-3-39-24(38)22-18-6-4-16-15-30-25(32-21(16)23(18)36(33-22)12-13-37)31-19-14-17(35-10-8-34(2)9-11-35)5-7-20(19)40-26(27,28)29/h5,7,14-15,37H,3-4,6,8-13H2,1-2H3,(H,30,31,32). The molecular weight excluding hydrogens is 531 g/mol. The number of ether oxygens (including phenoxy) is 2. The first-order valence-electron chi connectivity index (χ1n) is 13.0. The van der Waals surface area contributed by atoms with E-state index in [1.807, 2.05) is 7.05 Å². The number of carbonyl (C=O) groups is 1. The summed E-state index contributed by atoms with van der Waals surface area (Å²) in [5.41, 5.74) is 3.40. The Morgan fingerprint density at radius 1 is 1.18 bits per heavy atom. The fraction of sp³-hybridized carbons (Fsp3) is 0.462. The van der Waals surface area contributed by atoms with Crippen LogP contribution in [-0.4, -0.2) is 88.5 Å². The van der Waals surface area contributed by atoms with Crippen LogP contribution in [0.25, 0.3) is 11.4 Å². The number of hydrogen-bond donors (Lipinski definition) is 2. The number of nitrogens with one attached hydrogen (secondary N) is 1. The number of hydrogen-bond acceptors (Lipinski definition) is 10. The third-order valence-corrected chi connectivity index (χ3v) is 6.87. The van der Waals surface area contributed by atoms with E-state index in [-0.39, 0.29) is 37.1 Å². The van der Waals surface area contributed by atoms with E-state index in [1.54, 1.807) is 25.3 Å². The largest absolute Gasteiger partial charge is 0.573 e. The Labute approximate surface area is 228 Å². The van der Waals surface area contributed by atoms with Crippen molar-refractivity contribution in [2.75, 3.05) is 56.7 Å². The highest BCUT2D eigenvalue weighted by atomic mass is 19.4. The number of carbonyl (C=O) groups excluding carboxylic acids is 1. The SMILES string of the molecule is CCOC(=O)c1nn(CCO)c2c1CCc1cnc(Nc3cc(N4CCN(C)CC4)ccc3OC(F)(F)F)nc1-2. The monoisotopic (exact) mass is 561 g/mol. The number of likely N-dealkylation sites (N-methyl/N-ethyl adjacent to an activating group) is 1. The molecule has 0 radical (unpaired) electrons. The Kier molecular flexibility index (Phi) is 7.81. The van der Waals surface area contributed by atoms with Crippen LogP contribution in [0.2, 0.25) is 0 Å². The third kappa shape index (κ3) is 5.82. The van der Waals surface area contributed by atoms with Gasteiger partial charge < -0.3 is 29.7 Å². The molecule has 2 aliphatic rings. The number of anilines is 3. The second-order valence-electron chi connectivity index (χ2n) is 9.55. The first kappa shape index (κ1) is 27.6. The Morgan fingerprint density at radius 2 is 1.95 bits per heavy atom. The Morgan fingerprint density at radius 3 is 2.65 bits per heavy atom. The molecule has 0 atom stereocenters. The molecule has 5 rings (SSSR count). The molecule has 214 valence electrons. The summed E-state index contributed by atoms with van der Waals surface area (Å²) in [4.78, 5) is 25.8. The average Bonchev–Trinajstić information content (AvgIpc) is 3.29. The molecule has 0 bridgehead atoms. The van der Waals surface area contributed by atoms with Crippen molar-refractivity contribution in [1.82, 2.24) is 24.6 Å². The Balaban J connectivity index is 1.52. The molecule has 1 aliphatic heterocycles. The minimum Gasteiger partial charge on any atom is -0.461 e. The zero-order valence-electron chi connectivity index (χ0n) is 22.2. The molecule has 1 aromatic carbocycles. The smallest absolute Gasteiger partial charge is 0.461 e. The average molecular weight is 562 g/mol. The number of benzene rings is 1. The van der Waals surface area contributed by atoms with E-state index in [0.29, 0.717) is 29.8 Å². The van der Waals surface area contributed by atoms with Crippen LogP contribution in [-0.2, 0) is 24.1 Å². The number of halogens is 3. The number of aliphatic hydroxyl groups excluding tert-OH is 1. The lowest BCUT2D eigenvalue weighted by Crippen LogP contribution is -2.44. The van der Waals surface area contributed by atoms with Gasteiger partial charge in [-0.3, -0.25) is 4.68 Å². The lowest BCUT2D eigenvalue weighted by molar-refractivity contribution is -0.274. The van der Waals surface area contributed by atoms with Gasteiger partial charge in [-0.25, -0.2) is 14.8 Å². The molecule has 0 unspecified atom stereocenters. The number of aliphatic hydroxyl groups is 1. The van der Waals surface area contributed by atoms with Gasteiger partial charge in [-0.1, -0.05) is 0 Å². The van der Waals surface area contributed by atoms with Crippen molar-refractivity contribution in [3.05, 3.63) is 41.2 Å². The molecule has 11 nitrogen and oxygen atoms in total. The summed E-state index contributed by atoms with van der Waals surface area (Å²) in [6.45, 7) is 4.89. The molecule has 0 saturated carbocycles. The van der Waals surface area contributed by atoms with Gasteiger partial charge in [0.05, 0.1) is 36.8 Å². The lowest BCUT2D eigenvalue weighted by atomic mass is 9.93. The fourth-order valence-electron chi connectivity index (χ4n) is 4.95. The van der Waals surface area contributed by atoms with E-state index in [0.717, 1.165) is 37.4 Å². The maximum absolute atomic E-state index is 13.2. The molecule has 0 amide bonds. The minimum absolute atomic E-state index is 0.0450. The van der Waals surface area contributed by atoms with Gasteiger partial charge in [-0.2, -0.15) is 5.10 Å². The first-order chi connectivity index (χ1) is 19.2. The summed E-state index contributed by atoms with van der Waals surface area (Å²) in [7, 11) is 2.02. The highest BCUT2D eigenvalue weighted by Crippen LogP contribution is 2.38. The maximum atomic E-state index is 13.2. The molecule has 3 aromatic rings. The molecule has 0 spiro atoms. The number of esters is 1. The normalized spacial score (nSPS) is 15.4. The molecule has 14 heteroatoms. The molecule has 2 N–H and O–H groups in total. The second kappa shape index (κ2) is 11.3. The topological polar surface area (TPSA) is 118 Å². The van der Waals surface area contributed by atoms with Crippen molar-refractivity contribution in [3.8, 4) is 17.1 Å². The van der Waals surface area contributed by atoms with Gasteiger partial charge in [0.1, 0.15) is 0 Å². The lowest BCUT2D eigenvalue weighted by Gasteiger charge is -2.34. The molecule has 1 saturated heterocycles. The predicted molar refractivity (Wildman–Crippen MR) is 140 cm³/mol. The van der Waals surface area contributed by atoms with Crippen LogP contribution in [0.4, 0.5) is 30.5 Å². The van der Waals surface area contributed by atoms with E-state index < -0.39 is 18.1 Å². The number of alkyl halides is 3. The third-order valence-electron chi connectivity index (χ3n) is 6.87. The van der Waals surface area contributed by atoms with Crippen molar-refractivity contribution < 1.29 is 32.5 Å². The number of piperazine rings is 1. The van der Waals surface area contributed by atoms with Crippen molar-refractivity contribution >= 4 is 23.3 Å². The summed E-state index contributed by atoms with van der Waals surface area (Å²) in [6, 6.07) is 4.47. The summed E-state index contributed by atoms with van der Waals surface area (Å²) >= 11 is 0. The summed E-state index contributed by atoms with van der Waals surface area (Å²) < 4.78 is 50.6. The molecule has 1 fully saturated rings. The van der Waals surface area contributed by atoms with Crippen LogP contribution < -0.4 is 15.0 Å². The Bertz CT molecular complexity index is 1390. The second-order valence-corrected chi connectivity index (χ2v) is 9.55. The number of rotatable bonds is 8. The zero-order chi connectivity index (χ0) is 28.4. The highest BCUT2D eigenvalue weighted by Gasteiger charge is 2.33. The van der Waals surface area contributed by atoms with Gasteiger partial charge >= 0.3 is 12.3 Å². The van der Waals surface area contributed by atoms with E-state index in [1.165, 1.54) is 10.7 Å². The zero-order valence-corrected chi connectivity index (χ0v) is 22.2. The first-order valence-corrected chi connectivity index (χ1v) is 13.0.